The lowest BCUT2D eigenvalue weighted by atomic mass is 10.0. The molecule has 4 nitrogen and oxygen atoms in total. The molecule has 2 N–H and O–H groups in total. The summed E-state index contributed by atoms with van der Waals surface area (Å²) in [7, 11) is 0. The third-order valence-electron chi connectivity index (χ3n) is 5.22. The number of aliphatic hydroxyl groups is 1. The van der Waals surface area contributed by atoms with Crippen LogP contribution in [0.5, 0.6) is 0 Å². The lowest BCUT2D eigenvalue weighted by Gasteiger charge is -2.05. The molecule has 1 aliphatic rings. The number of nitrogens with zero attached hydrogens (tertiary/aromatic N) is 1. The molecular weight excluding hydrogens is 336 g/mol. The van der Waals surface area contributed by atoms with Crippen molar-refractivity contribution in [3.8, 4) is 0 Å². The van der Waals surface area contributed by atoms with Gasteiger partial charge in [0.05, 0.1) is 12.4 Å². The highest BCUT2D eigenvalue weighted by molar-refractivity contribution is 5.92. The van der Waals surface area contributed by atoms with Gasteiger partial charge in [0.2, 0.25) is 0 Å². The maximum absolute atomic E-state index is 12.1. The van der Waals surface area contributed by atoms with E-state index in [0.717, 1.165) is 18.7 Å². The summed E-state index contributed by atoms with van der Waals surface area (Å²) in [6, 6.07) is -0.219. The zero-order chi connectivity index (χ0) is 19.6. The van der Waals surface area contributed by atoms with Crippen molar-refractivity contribution in [2.75, 3.05) is 13.2 Å². The molecule has 0 saturated heterocycles. The molecule has 0 amide bonds. The Morgan fingerprint density at radius 1 is 1.00 bits per heavy atom. The average Bonchev–Trinajstić information content (AvgIpc) is 3.14. The van der Waals surface area contributed by atoms with Gasteiger partial charge in [0.1, 0.15) is 6.04 Å². The van der Waals surface area contributed by atoms with E-state index < -0.39 is 0 Å². The molecule has 0 radical (unpaired) electrons. The number of ketones is 1. The van der Waals surface area contributed by atoms with Gasteiger partial charge >= 0.3 is 0 Å². The second-order valence-corrected chi connectivity index (χ2v) is 7.75. The van der Waals surface area contributed by atoms with Crippen LogP contribution >= 0.6 is 0 Å². The van der Waals surface area contributed by atoms with Crippen LogP contribution in [0.4, 0.5) is 0 Å². The zero-order valence-corrected chi connectivity index (χ0v) is 17.6. The maximum atomic E-state index is 12.1. The van der Waals surface area contributed by atoms with E-state index in [-0.39, 0.29) is 18.4 Å². The fourth-order valence-corrected chi connectivity index (χ4v) is 3.48. The molecule has 1 unspecified atom stereocenters. The van der Waals surface area contributed by atoms with E-state index >= 15 is 0 Å². The molecule has 0 fully saturated rings. The quantitative estimate of drug-likeness (QED) is 0.250. The van der Waals surface area contributed by atoms with Crippen molar-refractivity contribution in [2.24, 2.45) is 4.99 Å². The molecule has 0 saturated carbocycles. The topological polar surface area (TPSA) is 61.7 Å². The van der Waals surface area contributed by atoms with E-state index in [2.05, 4.69) is 29.4 Å². The van der Waals surface area contributed by atoms with Crippen LogP contribution in [0.1, 0.15) is 103 Å². The summed E-state index contributed by atoms with van der Waals surface area (Å²) >= 11 is 0. The Hall–Kier alpha value is -1.16. The van der Waals surface area contributed by atoms with E-state index in [4.69, 9.17) is 5.11 Å². The third-order valence-corrected chi connectivity index (χ3v) is 5.22. The molecule has 0 bridgehead atoms. The molecule has 4 heteroatoms. The third kappa shape index (κ3) is 12.8. The second kappa shape index (κ2) is 17.0. The molecule has 27 heavy (non-hydrogen) atoms. The van der Waals surface area contributed by atoms with Gasteiger partial charge in [-0.05, 0) is 32.1 Å². The minimum atomic E-state index is -0.219. The minimum absolute atomic E-state index is 0.0843. The van der Waals surface area contributed by atoms with Crippen LogP contribution in [-0.4, -0.2) is 35.9 Å². The predicted octanol–water partition coefficient (Wildman–Crippen LogP) is 5.35. The molecule has 1 heterocycles. The Balaban J connectivity index is 1.86. The first-order chi connectivity index (χ1) is 13.3. The summed E-state index contributed by atoms with van der Waals surface area (Å²) in [4.78, 5) is 16.5. The minimum Gasteiger partial charge on any atom is -0.396 e. The SMILES string of the molecule is CCCCCCCC/C=C\CCCCCCCC(=O)C1CNC(CCO)=N1. The monoisotopic (exact) mass is 378 g/mol. The van der Waals surface area contributed by atoms with Gasteiger partial charge in [-0.2, -0.15) is 0 Å². The Kier molecular flexibility index (Phi) is 15.0. The standard InChI is InChI=1S/C23H42N2O2/c1-2-3-4-5-6-7-8-9-10-11-12-13-14-15-16-17-22(27)21-20-24-23(25-21)18-19-26/h9-10,21,26H,2-8,11-20H2,1H3,(H,24,25)/b10-9-. The summed E-state index contributed by atoms with van der Waals surface area (Å²) in [6.07, 6.45) is 22.4. The highest BCUT2D eigenvalue weighted by Crippen LogP contribution is 2.12. The van der Waals surface area contributed by atoms with E-state index in [1.807, 2.05) is 0 Å². The molecule has 0 aromatic carbocycles. The summed E-state index contributed by atoms with van der Waals surface area (Å²) in [6.45, 7) is 2.96. The van der Waals surface area contributed by atoms with Gasteiger partial charge in [-0.1, -0.05) is 70.4 Å². The Bertz CT molecular complexity index is 432. The van der Waals surface area contributed by atoms with Gasteiger partial charge in [0, 0.05) is 19.4 Å². The second-order valence-electron chi connectivity index (χ2n) is 7.75. The van der Waals surface area contributed by atoms with Crippen molar-refractivity contribution >= 4 is 11.6 Å². The van der Waals surface area contributed by atoms with Crippen LogP contribution in [0.2, 0.25) is 0 Å². The van der Waals surface area contributed by atoms with Crippen molar-refractivity contribution in [1.82, 2.24) is 5.32 Å². The number of hydrogen-bond acceptors (Lipinski definition) is 4. The largest absolute Gasteiger partial charge is 0.396 e. The number of aliphatic hydroxyl groups excluding tert-OH is 1. The lowest BCUT2D eigenvalue weighted by molar-refractivity contribution is -0.120. The highest BCUT2D eigenvalue weighted by Gasteiger charge is 2.22. The fourth-order valence-electron chi connectivity index (χ4n) is 3.48. The van der Waals surface area contributed by atoms with E-state index in [1.165, 1.54) is 70.6 Å². The molecule has 1 rings (SSSR count). The van der Waals surface area contributed by atoms with Crippen LogP contribution in [0.25, 0.3) is 0 Å². The first-order valence-electron chi connectivity index (χ1n) is 11.4. The van der Waals surface area contributed by atoms with Gasteiger partial charge in [0.15, 0.2) is 5.78 Å². The van der Waals surface area contributed by atoms with Crippen molar-refractivity contribution in [3.63, 3.8) is 0 Å². The molecule has 0 aromatic rings. The number of hydrogen-bond donors (Lipinski definition) is 2. The number of unbranched alkanes of at least 4 members (excludes halogenated alkanes) is 11. The fraction of sp³-hybridized carbons (Fsp3) is 0.826. The number of allylic oxidation sites excluding steroid dienone is 2. The number of carbonyl (C=O) groups is 1. The average molecular weight is 379 g/mol. The van der Waals surface area contributed by atoms with Gasteiger partial charge in [-0.25, -0.2) is 0 Å². The van der Waals surface area contributed by atoms with E-state index in [9.17, 15) is 4.79 Å². The number of rotatable bonds is 18. The molecule has 0 aliphatic carbocycles. The number of aliphatic imine (C=N–C) groups is 1. The first kappa shape index (κ1) is 23.9. The maximum Gasteiger partial charge on any atom is 0.159 e. The summed E-state index contributed by atoms with van der Waals surface area (Å²) in [5.41, 5.74) is 0. The Morgan fingerprint density at radius 3 is 2.22 bits per heavy atom. The number of Topliss-reactive ketones (excluding diaryl/α,β-unsaturated/α-hetero) is 1. The van der Waals surface area contributed by atoms with Crippen molar-refractivity contribution in [3.05, 3.63) is 12.2 Å². The van der Waals surface area contributed by atoms with Gasteiger partial charge in [-0.3, -0.25) is 9.79 Å². The molecule has 0 aromatic heterocycles. The van der Waals surface area contributed by atoms with Crippen molar-refractivity contribution < 1.29 is 9.90 Å². The van der Waals surface area contributed by atoms with Crippen LogP contribution in [-0.2, 0) is 4.79 Å². The van der Waals surface area contributed by atoms with E-state index in [0.29, 0.717) is 19.4 Å². The Morgan fingerprint density at radius 2 is 1.59 bits per heavy atom. The lowest BCUT2D eigenvalue weighted by Crippen LogP contribution is -2.26. The van der Waals surface area contributed by atoms with Crippen LogP contribution in [0.15, 0.2) is 17.1 Å². The molecule has 0 spiro atoms. The number of carbonyl (C=O) groups excluding carboxylic acids is 1. The van der Waals surface area contributed by atoms with Crippen LogP contribution in [0.3, 0.4) is 0 Å². The highest BCUT2D eigenvalue weighted by atomic mass is 16.3. The molecule has 1 atom stereocenters. The Labute approximate surface area is 166 Å². The van der Waals surface area contributed by atoms with Crippen LogP contribution < -0.4 is 5.32 Å². The van der Waals surface area contributed by atoms with E-state index in [1.54, 1.807) is 0 Å². The first-order valence-corrected chi connectivity index (χ1v) is 11.4. The number of nitrogens with one attached hydrogen (secondary N) is 1. The van der Waals surface area contributed by atoms with Crippen LogP contribution in [0, 0.1) is 0 Å². The summed E-state index contributed by atoms with van der Waals surface area (Å²) in [5.74, 6) is 1.02. The molecule has 1 aliphatic heterocycles. The smallest absolute Gasteiger partial charge is 0.159 e. The van der Waals surface area contributed by atoms with Gasteiger partial charge < -0.3 is 10.4 Å². The van der Waals surface area contributed by atoms with Gasteiger partial charge in [0.25, 0.3) is 0 Å². The number of amidine groups is 1. The van der Waals surface area contributed by atoms with Crippen molar-refractivity contribution in [1.29, 1.82) is 0 Å². The molecular formula is C23H42N2O2. The summed E-state index contributed by atoms with van der Waals surface area (Å²) < 4.78 is 0. The van der Waals surface area contributed by atoms with Gasteiger partial charge in [-0.15, -0.1) is 0 Å². The normalized spacial score (nSPS) is 16.7. The van der Waals surface area contributed by atoms with Crippen molar-refractivity contribution in [2.45, 2.75) is 109 Å². The zero-order valence-electron chi connectivity index (χ0n) is 17.6. The molecule has 156 valence electrons. The predicted molar refractivity (Wildman–Crippen MR) is 115 cm³/mol. The summed E-state index contributed by atoms with van der Waals surface area (Å²) in [5, 5.41) is 12.0.